The predicted molar refractivity (Wildman–Crippen MR) is 106 cm³/mol. The summed E-state index contributed by atoms with van der Waals surface area (Å²) in [6, 6.07) is 17.2. The quantitative estimate of drug-likeness (QED) is 0.837. The van der Waals surface area contributed by atoms with Gasteiger partial charge in [0.15, 0.2) is 0 Å². The van der Waals surface area contributed by atoms with Crippen LogP contribution in [0.3, 0.4) is 0 Å². The molecule has 0 saturated carbocycles. The third-order valence-corrected chi connectivity index (χ3v) is 5.03. The average molecular weight is 351 g/mol. The largest absolute Gasteiger partial charge is 0.338 e. The fraction of sp³-hybridized carbons (Fsp3) is 0.409. The van der Waals surface area contributed by atoms with Crippen LogP contribution in [-0.2, 0) is 13.0 Å². The number of likely N-dealkylation sites (tertiary alicyclic amines) is 1. The Bertz CT molecular complexity index is 729. The smallest absolute Gasteiger partial charge is 0.315 e. The zero-order chi connectivity index (χ0) is 18.4. The van der Waals surface area contributed by atoms with Gasteiger partial charge in [-0.1, -0.05) is 54.1 Å². The van der Waals surface area contributed by atoms with Crippen molar-refractivity contribution in [3.8, 4) is 0 Å². The average Bonchev–Trinajstić information content (AvgIpc) is 3.04. The summed E-state index contributed by atoms with van der Waals surface area (Å²) in [5.41, 5.74) is 5.19. The molecule has 1 fully saturated rings. The highest BCUT2D eigenvalue weighted by Gasteiger charge is 2.23. The Morgan fingerprint density at radius 2 is 1.96 bits per heavy atom. The monoisotopic (exact) mass is 351 g/mol. The Morgan fingerprint density at radius 3 is 2.73 bits per heavy atom. The number of aryl methyl sites for hydroxylation is 2. The Morgan fingerprint density at radius 1 is 1.15 bits per heavy atom. The molecule has 2 N–H and O–H groups in total. The van der Waals surface area contributed by atoms with Crippen LogP contribution in [0.1, 0.15) is 28.7 Å². The third-order valence-electron chi connectivity index (χ3n) is 5.03. The molecule has 2 aromatic rings. The number of benzene rings is 2. The van der Waals surface area contributed by atoms with E-state index in [0.717, 1.165) is 32.5 Å². The number of rotatable bonds is 6. The van der Waals surface area contributed by atoms with Crippen LogP contribution >= 0.6 is 0 Å². The van der Waals surface area contributed by atoms with E-state index in [2.05, 4.69) is 71.8 Å². The first-order valence-corrected chi connectivity index (χ1v) is 9.47. The number of carbonyl (C=O) groups excluding carboxylic acids is 1. The van der Waals surface area contributed by atoms with Gasteiger partial charge in [0.25, 0.3) is 0 Å². The minimum atomic E-state index is -0.0543. The molecule has 4 heteroatoms. The zero-order valence-electron chi connectivity index (χ0n) is 15.8. The lowest BCUT2D eigenvalue weighted by Gasteiger charge is -2.17. The summed E-state index contributed by atoms with van der Waals surface area (Å²) in [5, 5.41) is 6.11. The minimum absolute atomic E-state index is 0.0543. The molecule has 1 aliphatic heterocycles. The molecule has 26 heavy (non-hydrogen) atoms. The van der Waals surface area contributed by atoms with Crippen LogP contribution in [0.5, 0.6) is 0 Å². The standard InChI is InChI=1S/C22H29N3O/c1-17-8-9-20(18(2)14-17)10-12-23-22(26)24-21-11-13-25(16-21)15-19-6-4-3-5-7-19/h3-9,14,21H,10-13,15-16H2,1-2H3,(H2,23,24,26). The molecule has 3 rings (SSSR count). The van der Waals surface area contributed by atoms with Crippen molar-refractivity contribution >= 4 is 6.03 Å². The van der Waals surface area contributed by atoms with E-state index in [1.807, 2.05) is 6.07 Å². The van der Waals surface area contributed by atoms with Crippen molar-refractivity contribution in [2.24, 2.45) is 0 Å². The summed E-state index contributed by atoms with van der Waals surface area (Å²) in [4.78, 5) is 14.6. The van der Waals surface area contributed by atoms with E-state index in [9.17, 15) is 4.79 Å². The summed E-state index contributed by atoms with van der Waals surface area (Å²) in [5.74, 6) is 0. The van der Waals surface area contributed by atoms with Gasteiger partial charge in [-0.25, -0.2) is 4.79 Å². The maximum Gasteiger partial charge on any atom is 0.315 e. The lowest BCUT2D eigenvalue weighted by Crippen LogP contribution is -2.43. The first kappa shape index (κ1) is 18.5. The van der Waals surface area contributed by atoms with E-state index >= 15 is 0 Å². The molecule has 1 saturated heterocycles. The highest BCUT2D eigenvalue weighted by molar-refractivity contribution is 5.74. The second kappa shape index (κ2) is 8.86. The lowest BCUT2D eigenvalue weighted by atomic mass is 10.0. The van der Waals surface area contributed by atoms with Crippen molar-refractivity contribution in [3.05, 3.63) is 70.8 Å². The number of amides is 2. The molecule has 1 heterocycles. The Kier molecular flexibility index (Phi) is 6.29. The number of hydrogen-bond donors (Lipinski definition) is 2. The van der Waals surface area contributed by atoms with Gasteiger partial charge in [0, 0.05) is 32.2 Å². The molecule has 1 aliphatic rings. The fourth-order valence-corrected chi connectivity index (χ4v) is 3.61. The van der Waals surface area contributed by atoms with E-state index in [4.69, 9.17) is 0 Å². The first-order valence-electron chi connectivity index (χ1n) is 9.47. The third kappa shape index (κ3) is 5.33. The molecule has 0 radical (unpaired) electrons. The second-order valence-corrected chi connectivity index (χ2v) is 7.29. The Balaban J connectivity index is 1.37. The maximum absolute atomic E-state index is 12.2. The topological polar surface area (TPSA) is 44.4 Å². The fourth-order valence-electron chi connectivity index (χ4n) is 3.61. The molecule has 0 bridgehead atoms. The first-order chi connectivity index (χ1) is 12.6. The SMILES string of the molecule is Cc1ccc(CCNC(=O)NC2CCN(Cc3ccccc3)C2)c(C)c1. The van der Waals surface area contributed by atoms with E-state index in [0.29, 0.717) is 6.54 Å². The normalized spacial score (nSPS) is 17.2. The van der Waals surface area contributed by atoms with Gasteiger partial charge in [0.05, 0.1) is 0 Å². The van der Waals surface area contributed by atoms with Gasteiger partial charge in [-0.2, -0.15) is 0 Å². The molecule has 2 aromatic carbocycles. The van der Waals surface area contributed by atoms with Crippen LogP contribution in [0.15, 0.2) is 48.5 Å². The molecule has 0 aromatic heterocycles. The van der Waals surface area contributed by atoms with Crippen LogP contribution in [0.2, 0.25) is 0 Å². The number of urea groups is 1. The Hall–Kier alpha value is -2.33. The van der Waals surface area contributed by atoms with Crippen molar-refractivity contribution in [3.63, 3.8) is 0 Å². The molecule has 1 unspecified atom stereocenters. The van der Waals surface area contributed by atoms with E-state index in [-0.39, 0.29) is 12.1 Å². The van der Waals surface area contributed by atoms with Crippen molar-refractivity contribution in [1.29, 1.82) is 0 Å². The number of carbonyl (C=O) groups is 1. The highest BCUT2D eigenvalue weighted by atomic mass is 16.2. The lowest BCUT2D eigenvalue weighted by molar-refractivity contribution is 0.236. The highest BCUT2D eigenvalue weighted by Crippen LogP contribution is 2.13. The van der Waals surface area contributed by atoms with Crippen LogP contribution in [0, 0.1) is 13.8 Å². The van der Waals surface area contributed by atoms with Crippen LogP contribution in [0.25, 0.3) is 0 Å². The summed E-state index contributed by atoms with van der Waals surface area (Å²) in [6.07, 6.45) is 1.88. The predicted octanol–water partition coefficient (Wildman–Crippen LogP) is 3.42. The van der Waals surface area contributed by atoms with Crippen molar-refractivity contribution < 1.29 is 4.79 Å². The number of hydrogen-bond acceptors (Lipinski definition) is 2. The summed E-state index contributed by atoms with van der Waals surface area (Å²) >= 11 is 0. The van der Waals surface area contributed by atoms with Crippen LogP contribution < -0.4 is 10.6 Å². The van der Waals surface area contributed by atoms with Crippen LogP contribution in [0.4, 0.5) is 4.79 Å². The molecule has 4 nitrogen and oxygen atoms in total. The van der Waals surface area contributed by atoms with Crippen molar-refractivity contribution in [2.45, 2.75) is 39.3 Å². The molecular formula is C22H29N3O. The van der Waals surface area contributed by atoms with E-state index in [1.165, 1.54) is 22.3 Å². The van der Waals surface area contributed by atoms with Gasteiger partial charge in [0.1, 0.15) is 0 Å². The molecule has 2 amide bonds. The number of nitrogens with one attached hydrogen (secondary N) is 2. The van der Waals surface area contributed by atoms with Gasteiger partial charge < -0.3 is 10.6 Å². The molecule has 0 spiro atoms. The van der Waals surface area contributed by atoms with Crippen molar-refractivity contribution in [1.82, 2.24) is 15.5 Å². The van der Waals surface area contributed by atoms with Gasteiger partial charge in [-0.3, -0.25) is 4.90 Å². The van der Waals surface area contributed by atoms with E-state index < -0.39 is 0 Å². The van der Waals surface area contributed by atoms with Gasteiger partial charge in [-0.15, -0.1) is 0 Å². The minimum Gasteiger partial charge on any atom is -0.338 e. The van der Waals surface area contributed by atoms with E-state index in [1.54, 1.807) is 0 Å². The van der Waals surface area contributed by atoms with Gasteiger partial charge in [0.2, 0.25) is 0 Å². The molecular weight excluding hydrogens is 322 g/mol. The second-order valence-electron chi connectivity index (χ2n) is 7.29. The maximum atomic E-state index is 12.2. The van der Waals surface area contributed by atoms with Crippen molar-refractivity contribution in [2.75, 3.05) is 19.6 Å². The molecule has 138 valence electrons. The molecule has 1 atom stereocenters. The number of nitrogens with zero attached hydrogens (tertiary/aromatic N) is 1. The summed E-state index contributed by atoms with van der Waals surface area (Å²) < 4.78 is 0. The molecule has 0 aliphatic carbocycles. The van der Waals surface area contributed by atoms with Gasteiger partial charge in [-0.05, 0) is 43.4 Å². The Labute approximate surface area is 156 Å². The summed E-state index contributed by atoms with van der Waals surface area (Å²) in [7, 11) is 0. The summed E-state index contributed by atoms with van der Waals surface area (Å²) in [6.45, 7) is 7.79. The zero-order valence-corrected chi connectivity index (χ0v) is 15.8. The van der Waals surface area contributed by atoms with Gasteiger partial charge >= 0.3 is 6.03 Å². The van der Waals surface area contributed by atoms with Crippen LogP contribution in [-0.4, -0.2) is 36.6 Å².